The standard InChI is InChI=1S/C26H45NO3/c1-5-9-12-22(7-3)20-27(21-23(8-4)13-10-6-2)18-11-19-30-26(29)24-14-16-25(28)17-15-24/h14-17,22-23,28H,5-13,18-21H2,1-4H3. The molecular weight excluding hydrogens is 374 g/mol. The third-order valence-corrected chi connectivity index (χ3v) is 6.07. The van der Waals surface area contributed by atoms with Crippen molar-refractivity contribution < 1.29 is 14.6 Å². The Labute approximate surface area is 185 Å². The molecule has 1 N–H and O–H groups in total. The van der Waals surface area contributed by atoms with Crippen LogP contribution in [0.25, 0.3) is 0 Å². The zero-order valence-corrected chi connectivity index (χ0v) is 19.9. The number of rotatable bonds is 17. The number of nitrogens with zero attached hydrogens (tertiary/aromatic N) is 1. The fourth-order valence-electron chi connectivity index (χ4n) is 3.96. The van der Waals surface area contributed by atoms with Crippen LogP contribution in [-0.2, 0) is 4.74 Å². The summed E-state index contributed by atoms with van der Waals surface area (Å²) in [4.78, 5) is 14.8. The molecule has 0 saturated heterocycles. The van der Waals surface area contributed by atoms with E-state index in [9.17, 15) is 9.90 Å². The van der Waals surface area contributed by atoms with Crippen molar-refractivity contribution in [1.29, 1.82) is 0 Å². The Morgan fingerprint density at radius 3 is 1.90 bits per heavy atom. The first-order valence-corrected chi connectivity index (χ1v) is 12.2. The highest BCUT2D eigenvalue weighted by Crippen LogP contribution is 2.19. The second-order valence-electron chi connectivity index (χ2n) is 8.63. The first kappa shape index (κ1) is 26.5. The van der Waals surface area contributed by atoms with Crippen LogP contribution < -0.4 is 0 Å². The number of aromatic hydroxyl groups is 1. The van der Waals surface area contributed by atoms with E-state index in [0.717, 1.165) is 37.9 Å². The van der Waals surface area contributed by atoms with Crippen molar-refractivity contribution in [3.05, 3.63) is 29.8 Å². The third-order valence-electron chi connectivity index (χ3n) is 6.07. The predicted octanol–water partition coefficient (Wildman–Crippen LogP) is 6.67. The minimum atomic E-state index is -0.315. The molecule has 4 nitrogen and oxygen atoms in total. The maximum atomic E-state index is 12.2. The maximum Gasteiger partial charge on any atom is 0.338 e. The van der Waals surface area contributed by atoms with Crippen LogP contribution in [-0.4, -0.2) is 42.2 Å². The molecule has 4 heteroatoms. The van der Waals surface area contributed by atoms with Gasteiger partial charge in [0.25, 0.3) is 0 Å². The Kier molecular flexibility index (Phi) is 14.3. The highest BCUT2D eigenvalue weighted by atomic mass is 16.5. The summed E-state index contributed by atoms with van der Waals surface area (Å²) in [6.07, 6.45) is 11.1. The Hall–Kier alpha value is -1.55. The lowest BCUT2D eigenvalue weighted by atomic mass is 9.95. The van der Waals surface area contributed by atoms with Crippen LogP contribution >= 0.6 is 0 Å². The topological polar surface area (TPSA) is 49.8 Å². The largest absolute Gasteiger partial charge is 0.508 e. The fourth-order valence-corrected chi connectivity index (χ4v) is 3.96. The molecule has 0 spiro atoms. The van der Waals surface area contributed by atoms with Gasteiger partial charge in [-0.15, -0.1) is 0 Å². The smallest absolute Gasteiger partial charge is 0.338 e. The van der Waals surface area contributed by atoms with Gasteiger partial charge in [-0.1, -0.05) is 66.2 Å². The molecule has 0 heterocycles. The molecular formula is C26H45NO3. The summed E-state index contributed by atoms with van der Waals surface area (Å²) >= 11 is 0. The van der Waals surface area contributed by atoms with Gasteiger partial charge in [0.1, 0.15) is 5.75 Å². The van der Waals surface area contributed by atoms with Crippen molar-refractivity contribution in [3.63, 3.8) is 0 Å². The van der Waals surface area contributed by atoms with Crippen LogP contribution in [0.5, 0.6) is 5.75 Å². The van der Waals surface area contributed by atoms with Gasteiger partial charge in [0.15, 0.2) is 0 Å². The first-order valence-electron chi connectivity index (χ1n) is 12.2. The van der Waals surface area contributed by atoms with E-state index in [0.29, 0.717) is 12.2 Å². The molecule has 0 amide bonds. The van der Waals surface area contributed by atoms with Crippen molar-refractivity contribution in [3.8, 4) is 5.75 Å². The lowest BCUT2D eigenvalue weighted by Crippen LogP contribution is -2.35. The van der Waals surface area contributed by atoms with Crippen molar-refractivity contribution in [2.75, 3.05) is 26.2 Å². The van der Waals surface area contributed by atoms with Gasteiger partial charge < -0.3 is 14.7 Å². The Morgan fingerprint density at radius 1 is 0.900 bits per heavy atom. The summed E-state index contributed by atoms with van der Waals surface area (Å²) < 4.78 is 5.46. The van der Waals surface area contributed by atoms with Crippen molar-refractivity contribution in [2.24, 2.45) is 11.8 Å². The number of phenolic OH excluding ortho intramolecular Hbond substituents is 1. The van der Waals surface area contributed by atoms with Gasteiger partial charge in [-0.3, -0.25) is 0 Å². The molecule has 0 radical (unpaired) electrons. The molecule has 0 aliphatic rings. The minimum absolute atomic E-state index is 0.157. The van der Waals surface area contributed by atoms with Gasteiger partial charge >= 0.3 is 5.97 Å². The molecule has 1 aromatic rings. The van der Waals surface area contributed by atoms with Gasteiger partial charge in [0, 0.05) is 19.6 Å². The summed E-state index contributed by atoms with van der Waals surface area (Å²) in [7, 11) is 0. The van der Waals surface area contributed by atoms with E-state index in [1.165, 1.54) is 63.5 Å². The van der Waals surface area contributed by atoms with Crippen LogP contribution in [0, 0.1) is 11.8 Å². The molecule has 0 fully saturated rings. The lowest BCUT2D eigenvalue weighted by molar-refractivity contribution is 0.0481. The van der Waals surface area contributed by atoms with Gasteiger partial charge in [-0.25, -0.2) is 4.79 Å². The van der Waals surface area contributed by atoms with Crippen LogP contribution in [0.1, 0.15) is 95.8 Å². The number of carbonyl (C=O) groups is 1. The summed E-state index contributed by atoms with van der Waals surface area (Å²) in [5.41, 5.74) is 0.487. The predicted molar refractivity (Wildman–Crippen MR) is 126 cm³/mol. The van der Waals surface area contributed by atoms with E-state index < -0.39 is 0 Å². The van der Waals surface area contributed by atoms with E-state index in [4.69, 9.17) is 4.74 Å². The van der Waals surface area contributed by atoms with Gasteiger partial charge in [-0.2, -0.15) is 0 Å². The fraction of sp³-hybridized carbons (Fsp3) is 0.731. The molecule has 1 aromatic carbocycles. The molecule has 1 rings (SSSR count). The lowest BCUT2D eigenvalue weighted by Gasteiger charge is -2.30. The van der Waals surface area contributed by atoms with Crippen LogP contribution in [0.2, 0.25) is 0 Å². The Bertz CT molecular complexity index is 540. The second-order valence-corrected chi connectivity index (χ2v) is 8.63. The number of unbranched alkanes of at least 4 members (excludes halogenated alkanes) is 2. The van der Waals surface area contributed by atoms with Crippen LogP contribution in [0.3, 0.4) is 0 Å². The van der Waals surface area contributed by atoms with Gasteiger partial charge in [0.05, 0.1) is 12.2 Å². The van der Waals surface area contributed by atoms with Gasteiger partial charge in [-0.05, 0) is 55.4 Å². The molecule has 0 saturated carbocycles. The van der Waals surface area contributed by atoms with Gasteiger partial charge in [0.2, 0.25) is 0 Å². The summed E-state index contributed by atoms with van der Waals surface area (Å²) in [5.74, 6) is 1.36. The molecule has 172 valence electrons. The number of benzene rings is 1. The average Bonchev–Trinajstić information content (AvgIpc) is 2.76. The Balaban J connectivity index is 2.55. The van der Waals surface area contributed by atoms with E-state index >= 15 is 0 Å². The number of hydrogen-bond donors (Lipinski definition) is 1. The van der Waals surface area contributed by atoms with Crippen molar-refractivity contribution >= 4 is 5.97 Å². The normalized spacial score (nSPS) is 13.4. The number of carbonyl (C=O) groups excluding carboxylic acids is 1. The zero-order chi connectivity index (χ0) is 22.2. The maximum absolute atomic E-state index is 12.2. The first-order chi connectivity index (χ1) is 14.5. The molecule has 0 aliphatic heterocycles. The number of esters is 1. The molecule has 2 unspecified atom stereocenters. The summed E-state index contributed by atoms with van der Waals surface area (Å²) in [5, 5.41) is 9.35. The highest BCUT2D eigenvalue weighted by molar-refractivity contribution is 5.89. The minimum Gasteiger partial charge on any atom is -0.508 e. The van der Waals surface area contributed by atoms with Crippen LogP contribution in [0.15, 0.2) is 24.3 Å². The number of ether oxygens (including phenoxy) is 1. The summed E-state index contributed by atoms with van der Waals surface area (Å²) in [6, 6.07) is 6.23. The third kappa shape index (κ3) is 11.0. The highest BCUT2D eigenvalue weighted by Gasteiger charge is 2.17. The Morgan fingerprint density at radius 2 is 1.43 bits per heavy atom. The van der Waals surface area contributed by atoms with E-state index in [1.807, 2.05) is 0 Å². The van der Waals surface area contributed by atoms with Crippen molar-refractivity contribution in [2.45, 2.75) is 85.5 Å². The molecule has 0 bridgehead atoms. The van der Waals surface area contributed by atoms with E-state index in [1.54, 1.807) is 12.1 Å². The average molecular weight is 420 g/mol. The zero-order valence-electron chi connectivity index (χ0n) is 19.9. The number of hydrogen-bond acceptors (Lipinski definition) is 4. The molecule has 0 aliphatic carbocycles. The van der Waals surface area contributed by atoms with Crippen molar-refractivity contribution in [1.82, 2.24) is 4.90 Å². The molecule has 2 atom stereocenters. The molecule has 0 aromatic heterocycles. The molecule has 30 heavy (non-hydrogen) atoms. The van der Waals surface area contributed by atoms with E-state index in [-0.39, 0.29) is 11.7 Å². The SMILES string of the molecule is CCCCC(CC)CN(CCCOC(=O)c1ccc(O)cc1)CC(CC)CCCC. The summed E-state index contributed by atoms with van der Waals surface area (Å²) in [6.45, 7) is 12.9. The van der Waals surface area contributed by atoms with E-state index in [2.05, 4.69) is 32.6 Å². The second kappa shape index (κ2) is 16.2. The van der Waals surface area contributed by atoms with Crippen LogP contribution in [0.4, 0.5) is 0 Å². The number of phenols is 1. The monoisotopic (exact) mass is 419 g/mol. The quantitative estimate of drug-likeness (QED) is 0.226.